The third kappa shape index (κ3) is 16.9. The molecule has 2 fully saturated rings. The normalized spacial score (nSPS) is 17.4. The highest BCUT2D eigenvalue weighted by atomic mass is 16.5. The average Bonchev–Trinajstić information content (AvgIpc) is 3.43. The summed E-state index contributed by atoms with van der Waals surface area (Å²) in [5, 5.41) is 9.63. The maximum Gasteiger partial charge on any atom is 0.330 e. The van der Waals surface area contributed by atoms with E-state index in [1.807, 2.05) is 42.5 Å². The second kappa shape index (κ2) is 28.9. The second-order valence-electron chi connectivity index (χ2n) is 19.3. The van der Waals surface area contributed by atoms with Crippen LogP contribution in [0.25, 0.3) is 22.3 Å². The van der Waals surface area contributed by atoms with Crippen LogP contribution in [0.15, 0.2) is 141 Å². The van der Waals surface area contributed by atoms with Crippen molar-refractivity contribution >= 4 is 11.9 Å². The van der Waals surface area contributed by atoms with Gasteiger partial charge in [0.1, 0.15) is 11.5 Å². The van der Waals surface area contributed by atoms with E-state index in [0.29, 0.717) is 68.7 Å². The Kier molecular flexibility index (Phi) is 21.3. The van der Waals surface area contributed by atoms with Crippen molar-refractivity contribution in [2.24, 2.45) is 11.8 Å². The summed E-state index contributed by atoms with van der Waals surface area (Å²) in [4.78, 5) is 22.3. The van der Waals surface area contributed by atoms with Crippen molar-refractivity contribution in [1.82, 2.24) is 0 Å². The molecule has 72 heavy (non-hydrogen) atoms. The number of carbonyl (C=O) groups excluding carboxylic acids is 2. The molecule has 378 valence electrons. The van der Waals surface area contributed by atoms with Gasteiger partial charge in [-0.2, -0.15) is 5.26 Å². The van der Waals surface area contributed by atoms with Crippen molar-refractivity contribution in [3.05, 3.63) is 157 Å². The topological polar surface area (TPSA) is 113 Å². The first-order chi connectivity index (χ1) is 35.4. The molecule has 0 aromatic heterocycles. The fourth-order valence-corrected chi connectivity index (χ4v) is 10.1. The number of ether oxygens (including phenoxy) is 6. The molecule has 0 N–H and O–H groups in total. The Labute approximate surface area is 428 Å². The minimum absolute atomic E-state index is 0.378. The highest BCUT2D eigenvalue weighted by Crippen LogP contribution is 2.40. The SMILES string of the molecule is C=CC(=O)OCCCCOc1ccc(-c2ccc([C@H]3CC[C@H](CCCOc4ccc(C#N)cc4OCCC[C@H]4CC[C@H](c5ccc(-c6ccc(OCCCCOC(=O)C=C)cc6)cc5)CC4)CC3)cc2)cc1. The van der Waals surface area contributed by atoms with E-state index in [0.717, 1.165) is 74.5 Å². The van der Waals surface area contributed by atoms with Crippen LogP contribution in [0, 0.1) is 23.2 Å². The molecule has 9 nitrogen and oxygen atoms in total. The lowest BCUT2D eigenvalue weighted by atomic mass is 9.77. The first-order valence-electron chi connectivity index (χ1n) is 26.4. The maximum atomic E-state index is 11.2. The van der Waals surface area contributed by atoms with Gasteiger partial charge in [0, 0.05) is 18.2 Å². The summed E-state index contributed by atoms with van der Waals surface area (Å²) < 4.78 is 34.4. The van der Waals surface area contributed by atoms with Gasteiger partial charge >= 0.3 is 11.9 Å². The highest BCUT2D eigenvalue weighted by molar-refractivity contribution is 5.81. The van der Waals surface area contributed by atoms with Crippen LogP contribution in [-0.4, -0.2) is 51.6 Å². The predicted molar refractivity (Wildman–Crippen MR) is 286 cm³/mol. The van der Waals surface area contributed by atoms with E-state index >= 15 is 0 Å². The Balaban J connectivity index is 0.748. The van der Waals surface area contributed by atoms with Crippen molar-refractivity contribution in [3.63, 3.8) is 0 Å². The van der Waals surface area contributed by atoms with Gasteiger partial charge in [0.05, 0.1) is 51.3 Å². The molecular formula is C63H73NO8. The lowest BCUT2D eigenvalue weighted by molar-refractivity contribution is -0.138. The predicted octanol–water partition coefficient (Wildman–Crippen LogP) is 14.9. The largest absolute Gasteiger partial charge is 0.494 e. The van der Waals surface area contributed by atoms with Crippen LogP contribution >= 0.6 is 0 Å². The molecule has 0 amide bonds. The van der Waals surface area contributed by atoms with Gasteiger partial charge in [-0.15, -0.1) is 0 Å². The maximum absolute atomic E-state index is 11.2. The molecule has 0 radical (unpaired) electrons. The minimum Gasteiger partial charge on any atom is -0.494 e. The number of benzene rings is 5. The number of carbonyl (C=O) groups is 2. The molecule has 0 bridgehead atoms. The molecule has 0 aliphatic heterocycles. The van der Waals surface area contributed by atoms with Crippen molar-refractivity contribution in [3.8, 4) is 51.3 Å². The lowest BCUT2D eigenvalue weighted by Gasteiger charge is -2.29. The van der Waals surface area contributed by atoms with Gasteiger partial charge in [-0.1, -0.05) is 86.0 Å². The first-order valence-corrected chi connectivity index (χ1v) is 26.4. The average molecular weight is 972 g/mol. The van der Waals surface area contributed by atoms with Crippen LogP contribution < -0.4 is 18.9 Å². The molecule has 5 aromatic rings. The third-order valence-corrected chi connectivity index (χ3v) is 14.4. The number of nitriles is 1. The summed E-state index contributed by atoms with van der Waals surface area (Å²) in [5.41, 5.74) is 8.20. The lowest BCUT2D eigenvalue weighted by Crippen LogP contribution is -2.14. The summed E-state index contributed by atoms with van der Waals surface area (Å²) in [6.45, 7) is 9.98. The molecular weight excluding hydrogens is 899 g/mol. The van der Waals surface area contributed by atoms with Gasteiger partial charge in [0.25, 0.3) is 0 Å². The monoisotopic (exact) mass is 972 g/mol. The van der Waals surface area contributed by atoms with E-state index in [2.05, 4.69) is 92.0 Å². The smallest absolute Gasteiger partial charge is 0.330 e. The van der Waals surface area contributed by atoms with Gasteiger partial charge in [-0.05, 0) is 196 Å². The summed E-state index contributed by atoms with van der Waals surface area (Å²) in [6.07, 6.45) is 19.6. The highest BCUT2D eigenvalue weighted by Gasteiger charge is 2.24. The number of nitrogens with zero attached hydrogens (tertiary/aromatic N) is 1. The van der Waals surface area contributed by atoms with Crippen LogP contribution in [0.1, 0.15) is 131 Å². The van der Waals surface area contributed by atoms with Gasteiger partial charge in [0.2, 0.25) is 0 Å². The molecule has 9 heteroatoms. The van der Waals surface area contributed by atoms with Crippen LogP contribution in [-0.2, 0) is 19.1 Å². The molecule has 5 aromatic carbocycles. The zero-order valence-electron chi connectivity index (χ0n) is 42.1. The van der Waals surface area contributed by atoms with E-state index in [4.69, 9.17) is 28.4 Å². The first kappa shape index (κ1) is 53.0. The van der Waals surface area contributed by atoms with Crippen LogP contribution in [0.3, 0.4) is 0 Å². The van der Waals surface area contributed by atoms with Crippen LogP contribution in [0.5, 0.6) is 23.0 Å². The van der Waals surface area contributed by atoms with Crippen LogP contribution in [0.4, 0.5) is 0 Å². The zero-order chi connectivity index (χ0) is 50.2. The molecule has 0 spiro atoms. The Bertz CT molecular complexity index is 2480. The fraction of sp³-hybridized carbons (Fsp3) is 0.413. The Hall–Kier alpha value is -6.79. The second-order valence-corrected chi connectivity index (χ2v) is 19.3. The van der Waals surface area contributed by atoms with Gasteiger partial charge in [0.15, 0.2) is 11.5 Å². The quantitative estimate of drug-likeness (QED) is 0.0275. The molecule has 2 aliphatic carbocycles. The molecule has 0 unspecified atom stereocenters. The molecule has 7 rings (SSSR count). The third-order valence-electron chi connectivity index (χ3n) is 14.4. The Morgan fingerprint density at radius 2 is 0.833 bits per heavy atom. The number of rotatable bonds is 28. The Morgan fingerprint density at radius 3 is 1.24 bits per heavy atom. The van der Waals surface area contributed by atoms with Crippen LogP contribution in [0.2, 0.25) is 0 Å². The van der Waals surface area contributed by atoms with Crippen molar-refractivity contribution in [1.29, 1.82) is 5.26 Å². The molecule has 2 saturated carbocycles. The van der Waals surface area contributed by atoms with Gasteiger partial charge in [-0.25, -0.2) is 9.59 Å². The van der Waals surface area contributed by atoms with E-state index in [1.165, 1.54) is 96.9 Å². The number of hydrogen-bond donors (Lipinski definition) is 0. The summed E-state index contributed by atoms with van der Waals surface area (Å²) in [5.74, 6) is 4.93. The van der Waals surface area contributed by atoms with Crippen molar-refractivity contribution in [2.45, 2.75) is 115 Å². The molecule has 2 aliphatic rings. The van der Waals surface area contributed by atoms with E-state index in [-0.39, 0.29) is 11.9 Å². The molecule has 0 saturated heterocycles. The number of hydrogen-bond acceptors (Lipinski definition) is 9. The standard InChI is InChI=1S/C63H73NO8/c1-3-62(65)71-41-7-5-39-67-58-34-30-56(31-35-58)54-26-22-52(23-27-54)50-18-13-47(14-19-50)11-9-43-69-60-38-17-49(46-64)45-61(60)70-44-10-12-48-15-20-51(21-16-48)53-24-28-55(29-25-53)57-32-36-59(37-33-57)68-40-6-8-42-72-63(66)4-2/h3-4,17,22-38,45,47-48,50-51H,1-2,5-16,18-21,39-44H2/t47-,48-,50-,51-. The van der Waals surface area contributed by atoms with E-state index in [9.17, 15) is 14.9 Å². The minimum atomic E-state index is -0.389. The fourth-order valence-electron chi connectivity index (χ4n) is 10.1. The van der Waals surface area contributed by atoms with E-state index < -0.39 is 0 Å². The van der Waals surface area contributed by atoms with E-state index in [1.54, 1.807) is 0 Å². The summed E-state index contributed by atoms with van der Waals surface area (Å²) in [7, 11) is 0. The Morgan fingerprint density at radius 1 is 0.458 bits per heavy atom. The number of esters is 2. The number of unbranched alkanes of at least 4 members (excludes halogenated alkanes) is 2. The summed E-state index contributed by atoms with van der Waals surface area (Å²) >= 11 is 0. The molecule has 0 atom stereocenters. The van der Waals surface area contributed by atoms with Crippen molar-refractivity contribution < 1.29 is 38.0 Å². The van der Waals surface area contributed by atoms with Gasteiger partial charge < -0.3 is 28.4 Å². The summed E-state index contributed by atoms with van der Waals surface area (Å²) in [6, 6.07) is 42.5. The van der Waals surface area contributed by atoms with Gasteiger partial charge in [-0.3, -0.25) is 0 Å². The zero-order valence-corrected chi connectivity index (χ0v) is 42.1. The van der Waals surface area contributed by atoms with Crippen molar-refractivity contribution in [2.75, 3.05) is 39.6 Å². The molecule has 0 heterocycles.